The van der Waals surface area contributed by atoms with Gasteiger partial charge in [-0.15, -0.1) is 0 Å². The molecule has 2 heterocycles. The predicted molar refractivity (Wildman–Crippen MR) is 147 cm³/mol. The number of carbonyl (C=O) groups excluding carboxylic acids is 2. The molecule has 0 radical (unpaired) electrons. The fourth-order valence-corrected chi connectivity index (χ4v) is 5.34. The number of H-pyrrole nitrogens is 1. The highest BCUT2D eigenvalue weighted by atomic mass is 19.1. The monoisotopic (exact) mass is 538 g/mol. The number of halogens is 1. The van der Waals surface area contributed by atoms with E-state index >= 15 is 4.39 Å². The van der Waals surface area contributed by atoms with Crippen LogP contribution in [0.4, 0.5) is 9.18 Å². The van der Waals surface area contributed by atoms with Gasteiger partial charge in [0, 0.05) is 18.0 Å². The first kappa shape index (κ1) is 28.5. The Bertz CT molecular complexity index is 1260. The van der Waals surface area contributed by atoms with Gasteiger partial charge >= 0.3 is 12.1 Å². The van der Waals surface area contributed by atoms with Crippen molar-refractivity contribution in [2.24, 2.45) is 5.92 Å². The maximum atomic E-state index is 16.1. The zero-order valence-electron chi connectivity index (χ0n) is 23.3. The lowest BCUT2D eigenvalue weighted by Gasteiger charge is -2.29. The summed E-state index contributed by atoms with van der Waals surface area (Å²) >= 11 is 0. The van der Waals surface area contributed by atoms with E-state index < -0.39 is 35.4 Å². The molecule has 8 nitrogen and oxygen atoms in total. The molecule has 39 heavy (non-hydrogen) atoms. The van der Waals surface area contributed by atoms with Crippen LogP contribution in [-0.2, 0) is 14.3 Å². The second kappa shape index (κ2) is 12.6. The molecule has 1 fully saturated rings. The molecule has 1 saturated carbocycles. The van der Waals surface area contributed by atoms with Crippen molar-refractivity contribution in [2.75, 3.05) is 6.61 Å². The largest absolute Gasteiger partial charge is 0.465 e. The van der Waals surface area contributed by atoms with Crippen LogP contribution < -0.4 is 5.32 Å². The number of hydrogen-bond donors (Lipinski definition) is 2. The lowest BCUT2D eigenvalue weighted by molar-refractivity contribution is -0.143. The highest BCUT2D eigenvalue weighted by molar-refractivity contribution is 5.85. The molecular weight excluding hydrogens is 499 g/mol. The Morgan fingerprint density at radius 2 is 1.74 bits per heavy atom. The highest BCUT2D eigenvalue weighted by Crippen LogP contribution is 2.35. The van der Waals surface area contributed by atoms with Crippen LogP contribution in [0.5, 0.6) is 0 Å². The van der Waals surface area contributed by atoms with E-state index in [2.05, 4.69) is 20.3 Å². The Kier molecular flexibility index (Phi) is 9.20. The average Bonchev–Trinajstić information content (AvgIpc) is 3.29. The number of alkyl carbamates (subject to hydrolysis) is 1. The molecule has 1 aliphatic rings. The van der Waals surface area contributed by atoms with Crippen LogP contribution >= 0.6 is 0 Å². The first-order valence-electron chi connectivity index (χ1n) is 13.9. The van der Waals surface area contributed by atoms with Crippen LogP contribution in [0.1, 0.15) is 102 Å². The van der Waals surface area contributed by atoms with Gasteiger partial charge in [-0.25, -0.2) is 14.2 Å². The molecule has 2 N–H and O–H groups in total. The van der Waals surface area contributed by atoms with Gasteiger partial charge in [0.2, 0.25) is 0 Å². The number of nitrogens with zero attached hydrogens (tertiary/aromatic N) is 2. The number of aromatic amines is 1. The third kappa shape index (κ3) is 7.13. The molecule has 3 aromatic rings. The molecule has 210 valence electrons. The summed E-state index contributed by atoms with van der Waals surface area (Å²) < 4.78 is 27.0. The number of ether oxygens (including phenoxy) is 2. The smallest absolute Gasteiger partial charge is 0.408 e. The maximum Gasteiger partial charge on any atom is 0.408 e. The number of esters is 1. The SMILES string of the molecule is CCOC(=O)C(c1ccncc1)c1ccc2[nH]c(C(NC(=O)OC(C)(C)C)C3CCCCCCC3)nc2c1F. The number of carbonyl (C=O) groups is 2. The van der Waals surface area contributed by atoms with Gasteiger partial charge in [0.1, 0.15) is 22.9 Å². The zero-order valence-corrected chi connectivity index (χ0v) is 23.3. The minimum absolute atomic E-state index is 0.118. The fourth-order valence-electron chi connectivity index (χ4n) is 5.34. The Hall–Kier alpha value is -3.49. The third-order valence-corrected chi connectivity index (χ3v) is 7.10. The van der Waals surface area contributed by atoms with Gasteiger partial charge in [0.05, 0.1) is 18.2 Å². The molecule has 2 aromatic heterocycles. The van der Waals surface area contributed by atoms with Crippen molar-refractivity contribution >= 4 is 23.1 Å². The van der Waals surface area contributed by atoms with Crippen molar-refractivity contribution in [3.05, 3.63) is 59.4 Å². The molecule has 1 aliphatic carbocycles. The summed E-state index contributed by atoms with van der Waals surface area (Å²) in [6, 6.07) is 6.20. The molecule has 0 bridgehead atoms. The van der Waals surface area contributed by atoms with E-state index in [4.69, 9.17) is 9.47 Å². The third-order valence-electron chi connectivity index (χ3n) is 7.10. The molecule has 0 saturated heterocycles. The van der Waals surface area contributed by atoms with Gasteiger partial charge < -0.3 is 19.8 Å². The molecule has 1 aromatic carbocycles. The number of rotatable bonds is 7. The van der Waals surface area contributed by atoms with E-state index in [0.717, 1.165) is 38.5 Å². The number of fused-ring (bicyclic) bond motifs is 1. The standard InChI is InChI=1S/C30H39FN4O4/c1-5-38-28(36)23(19-15-17-32-18-16-19)21-13-14-22-26(24(21)31)34-27(33-22)25(35-29(37)39-30(2,3)4)20-11-9-7-6-8-10-12-20/h13-18,20,23,25H,5-12H2,1-4H3,(H,33,34)(H,35,37). The summed E-state index contributed by atoms with van der Waals surface area (Å²) in [4.78, 5) is 37.7. The van der Waals surface area contributed by atoms with Crippen LogP contribution in [0.2, 0.25) is 0 Å². The first-order chi connectivity index (χ1) is 18.7. The first-order valence-corrected chi connectivity index (χ1v) is 13.9. The molecule has 0 spiro atoms. The lowest BCUT2D eigenvalue weighted by atomic mass is 9.85. The summed E-state index contributed by atoms with van der Waals surface area (Å²) in [5.41, 5.74) is 0.710. The summed E-state index contributed by atoms with van der Waals surface area (Å²) in [5, 5.41) is 3.03. The number of hydrogen-bond acceptors (Lipinski definition) is 6. The predicted octanol–water partition coefficient (Wildman–Crippen LogP) is 6.72. The number of imidazole rings is 1. The minimum Gasteiger partial charge on any atom is -0.465 e. The highest BCUT2D eigenvalue weighted by Gasteiger charge is 2.32. The molecule has 2 atom stereocenters. The lowest BCUT2D eigenvalue weighted by Crippen LogP contribution is -2.38. The van der Waals surface area contributed by atoms with E-state index in [1.807, 2.05) is 20.8 Å². The van der Waals surface area contributed by atoms with Crippen LogP contribution in [0.15, 0.2) is 36.7 Å². The molecule has 2 unspecified atom stereocenters. The van der Waals surface area contributed by atoms with Crippen molar-refractivity contribution in [1.82, 2.24) is 20.3 Å². The molecule has 0 aliphatic heterocycles. The second-order valence-corrected chi connectivity index (χ2v) is 11.2. The second-order valence-electron chi connectivity index (χ2n) is 11.2. The van der Waals surface area contributed by atoms with Crippen LogP contribution in [0.3, 0.4) is 0 Å². The number of aromatic nitrogens is 3. The van der Waals surface area contributed by atoms with E-state index in [9.17, 15) is 9.59 Å². The zero-order chi connectivity index (χ0) is 28.0. The molecule has 4 rings (SSSR count). The maximum absolute atomic E-state index is 16.1. The van der Waals surface area contributed by atoms with Crippen LogP contribution in [-0.4, -0.2) is 39.2 Å². The summed E-state index contributed by atoms with van der Waals surface area (Å²) in [6.07, 6.45) is 10.1. The van der Waals surface area contributed by atoms with Gasteiger partial charge in [0.15, 0.2) is 5.82 Å². The number of benzene rings is 1. The summed E-state index contributed by atoms with van der Waals surface area (Å²) in [6.45, 7) is 7.35. The van der Waals surface area contributed by atoms with Crippen molar-refractivity contribution in [3.8, 4) is 0 Å². The molecule has 1 amide bonds. The van der Waals surface area contributed by atoms with E-state index in [1.165, 1.54) is 6.42 Å². The van der Waals surface area contributed by atoms with Crippen molar-refractivity contribution in [3.63, 3.8) is 0 Å². The van der Waals surface area contributed by atoms with E-state index in [1.54, 1.807) is 43.6 Å². The molecule has 9 heteroatoms. The topological polar surface area (TPSA) is 106 Å². The van der Waals surface area contributed by atoms with Crippen molar-refractivity contribution < 1.29 is 23.5 Å². The van der Waals surface area contributed by atoms with Crippen LogP contribution in [0, 0.1) is 11.7 Å². The Balaban J connectivity index is 1.74. The van der Waals surface area contributed by atoms with Crippen LogP contribution in [0.25, 0.3) is 11.0 Å². The van der Waals surface area contributed by atoms with Gasteiger partial charge in [-0.1, -0.05) is 38.2 Å². The van der Waals surface area contributed by atoms with Gasteiger partial charge in [-0.2, -0.15) is 0 Å². The normalized spacial score (nSPS) is 16.6. The molecular formula is C30H39FN4O4. The summed E-state index contributed by atoms with van der Waals surface area (Å²) in [5.74, 6) is -1.49. The Morgan fingerprint density at radius 3 is 2.38 bits per heavy atom. The number of pyridine rings is 1. The summed E-state index contributed by atoms with van der Waals surface area (Å²) in [7, 11) is 0. The van der Waals surface area contributed by atoms with Crippen molar-refractivity contribution in [2.45, 2.75) is 90.2 Å². The Labute approximate surface area is 229 Å². The van der Waals surface area contributed by atoms with E-state index in [-0.39, 0.29) is 23.6 Å². The number of amides is 1. The number of nitrogens with one attached hydrogen (secondary N) is 2. The Morgan fingerprint density at radius 1 is 1.08 bits per heavy atom. The van der Waals surface area contributed by atoms with Crippen molar-refractivity contribution in [1.29, 1.82) is 0 Å². The van der Waals surface area contributed by atoms with Gasteiger partial charge in [0.25, 0.3) is 0 Å². The minimum atomic E-state index is -0.959. The quantitative estimate of drug-likeness (QED) is 0.324. The fraction of sp³-hybridized carbons (Fsp3) is 0.533. The average molecular weight is 539 g/mol. The van der Waals surface area contributed by atoms with Gasteiger partial charge in [-0.05, 0) is 70.2 Å². The van der Waals surface area contributed by atoms with Gasteiger partial charge in [-0.3, -0.25) is 9.78 Å². The van der Waals surface area contributed by atoms with E-state index in [0.29, 0.717) is 16.9 Å².